The summed E-state index contributed by atoms with van der Waals surface area (Å²) >= 11 is 5.75. The van der Waals surface area contributed by atoms with E-state index in [0.29, 0.717) is 5.02 Å². The lowest BCUT2D eigenvalue weighted by Crippen LogP contribution is -2.17. The Morgan fingerprint density at radius 2 is 1.83 bits per heavy atom. The maximum atomic E-state index is 12.1. The van der Waals surface area contributed by atoms with Crippen molar-refractivity contribution in [2.75, 3.05) is 5.32 Å². The monoisotopic (exact) mass is 341 g/mol. The Balaban J connectivity index is 2.00. The number of rotatable bonds is 4. The number of hydrogen-bond acceptors (Lipinski definition) is 2. The van der Waals surface area contributed by atoms with Crippen LogP contribution < -0.4 is 10.1 Å². The van der Waals surface area contributed by atoms with E-state index in [1.54, 1.807) is 30.3 Å². The molecule has 0 spiro atoms. The third-order valence-electron chi connectivity index (χ3n) is 2.63. The number of carbonyl (C=O) groups excluding carboxylic acids is 1. The van der Waals surface area contributed by atoms with Crippen LogP contribution in [-0.4, -0.2) is 12.3 Å². The average Bonchev–Trinajstić information content (AvgIpc) is 2.45. The summed E-state index contributed by atoms with van der Waals surface area (Å²) in [5, 5.41) is 3.03. The molecule has 0 saturated heterocycles. The lowest BCUT2D eigenvalue weighted by Gasteiger charge is -2.10. The lowest BCUT2D eigenvalue weighted by molar-refractivity contribution is -0.274. The van der Waals surface area contributed by atoms with Gasteiger partial charge in [-0.05, 0) is 35.9 Å². The number of carbonyl (C=O) groups is 1. The van der Waals surface area contributed by atoms with Gasteiger partial charge < -0.3 is 10.1 Å². The second-order valence-corrected chi connectivity index (χ2v) is 4.89. The number of halogens is 4. The largest absolute Gasteiger partial charge is 0.573 e. The number of alkyl halides is 3. The smallest absolute Gasteiger partial charge is 0.406 e. The third-order valence-corrected chi connectivity index (χ3v) is 2.88. The number of benzene rings is 2. The predicted molar refractivity (Wildman–Crippen MR) is 82.2 cm³/mol. The second-order valence-electron chi connectivity index (χ2n) is 4.45. The molecule has 7 heteroatoms. The highest BCUT2D eigenvalue weighted by Gasteiger charge is 2.31. The summed E-state index contributed by atoms with van der Waals surface area (Å²) < 4.78 is 40.2. The van der Waals surface area contributed by atoms with E-state index in [2.05, 4.69) is 10.1 Å². The summed E-state index contributed by atoms with van der Waals surface area (Å²) in [4.78, 5) is 11.8. The van der Waals surface area contributed by atoms with Gasteiger partial charge in [0.1, 0.15) is 5.75 Å². The predicted octanol–water partition coefficient (Wildman–Crippen LogP) is 4.89. The molecule has 0 atom stereocenters. The van der Waals surface area contributed by atoms with Gasteiger partial charge in [0.15, 0.2) is 0 Å². The minimum atomic E-state index is -4.78. The van der Waals surface area contributed by atoms with Crippen molar-refractivity contribution in [1.82, 2.24) is 0 Å². The minimum Gasteiger partial charge on any atom is -0.406 e. The molecule has 0 bridgehead atoms. The minimum absolute atomic E-state index is 0.192. The van der Waals surface area contributed by atoms with Crippen molar-refractivity contribution in [1.29, 1.82) is 0 Å². The molecule has 0 aliphatic rings. The lowest BCUT2D eigenvalue weighted by atomic mass is 10.2. The van der Waals surface area contributed by atoms with E-state index in [4.69, 9.17) is 11.6 Å². The zero-order valence-corrected chi connectivity index (χ0v) is 12.4. The quantitative estimate of drug-likeness (QED) is 0.804. The molecule has 23 heavy (non-hydrogen) atoms. The van der Waals surface area contributed by atoms with E-state index in [-0.39, 0.29) is 5.69 Å². The van der Waals surface area contributed by atoms with E-state index in [1.807, 2.05) is 0 Å². The van der Waals surface area contributed by atoms with Crippen LogP contribution in [0, 0.1) is 0 Å². The van der Waals surface area contributed by atoms with Crippen LogP contribution in [0.3, 0.4) is 0 Å². The van der Waals surface area contributed by atoms with Crippen molar-refractivity contribution in [3.8, 4) is 5.75 Å². The molecular weight excluding hydrogens is 331 g/mol. The number of amides is 1. The Morgan fingerprint density at radius 1 is 1.13 bits per heavy atom. The molecule has 0 aliphatic heterocycles. The molecular formula is C16H11ClF3NO2. The highest BCUT2D eigenvalue weighted by atomic mass is 35.5. The van der Waals surface area contributed by atoms with Gasteiger partial charge in [-0.15, -0.1) is 13.2 Å². The number of ether oxygens (including phenoxy) is 1. The third kappa shape index (κ3) is 6.04. The van der Waals surface area contributed by atoms with Crippen molar-refractivity contribution < 1.29 is 22.7 Å². The maximum Gasteiger partial charge on any atom is 0.573 e. The molecule has 0 saturated carbocycles. The van der Waals surface area contributed by atoms with E-state index >= 15 is 0 Å². The van der Waals surface area contributed by atoms with Crippen molar-refractivity contribution >= 4 is 29.3 Å². The van der Waals surface area contributed by atoms with Gasteiger partial charge in [0.05, 0.1) is 0 Å². The molecule has 3 nitrogen and oxygen atoms in total. The fourth-order valence-corrected chi connectivity index (χ4v) is 1.83. The van der Waals surface area contributed by atoms with Gasteiger partial charge in [0, 0.05) is 22.9 Å². The van der Waals surface area contributed by atoms with E-state index in [0.717, 1.165) is 17.7 Å². The Bertz CT molecular complexity index is 712. The van der Waals surface area contributed by atoms with Crippen LogP contribution in [0.15, 0.2) is 54.6 Å². The Labute approximate surface area is 135 Å². The average molecular weight is 342 g/mol. The van der Waals surface area contributed by atoms with Crippen molar-refractivity contribution in [2.45, 2.75) is 6.36 Å². The highest BCUT2D eigenvalue weighted by Crippen LogP contribution is 2.25. The summed E-state index contributed by atoms with van der Waals surface area (Å²) in [6.07, 6.45) is -1.96. The van der Waals surface area contributed by atoms with Gasteiger partial charge in [0.2, 0.25) is 5.91 Å². The Kier molecular flexibility index (Phi) is 5.28. The normalized spacial score (nSPS) is 11.5. The van der Waals surface area contributed by atoms with Gasteiger partial charge >= 0.3 is 6.36 Å². The second kappa shape index (κ2) is 7.19. The van der Waals surface area contributed by atoms with Crippen molar-refractivity contribution in [3.05, 3.63) is 65.2 Å². The van der Waals surface area contributed by atoms with Gasteiger partial charge in [-0.2, -0.15) is 0 Å². The summed E-state index contributed by atoms with van der Waals surface area (Å²) in [6, 6.07) is 11.8. The number of anilines is 1. The molecule has 0 aromatic heterocycles. The zero-order chi connectivity index (χ0) is 16.9. The fraction of sp³-hybridized carbons (Fsp3) is 0.0625. The SMILES string of the molecule is O=C(/C=C/c1ccc(Cl)cc1)Nc1cccc(OC(F)(F)F)c1. The fourth-order valence-electron chi connectivity index (χ4n) is 1.70. The van der Waals surface area contributed by atoms with E-state index < -0.39 is 18.0 Å². The zero-order valence-electron chi connectivity index (χ0n) is 11.6. The van der Waals surface area contributed by atoms with Crippen LogP contribution in [0.5, 0.6) is 5.75 Å². The van der Waals surface area contributed by atoms with E-state index in [1.165, 1.54) is 18.2 Å². The molecule has 0 unspecified atom stereocenters. The summed E-state index contributed by atoms with van der Waals surface area (Å²) in [6.45, 7) is 0. The first-order valence-electron chi connectivity index (χ1n) is 6.42. The van der Waals surface area contributed by atoms with E-state index in [9.17, 15) is 18.0 Å². The van der Waals surface area contributed by atoms with Crippen molar-refractivity contribution in [3.63, 3.8) is 0 Å². The van der Waals surface area contributed by atoms with Crippen LogP contribution in [0.1, 0.15) is 5.56 Å². The van der Waals surface area contributed by atoms with Crippen LogP contribution in [0.25, 0.3) is 6.08 Å². The summed E-state index contributed by atoms with van der Waals surface area (Å²) in [5.74, 6) is -0.888. The van der Waals surface area contributed by atoms with Crippen LogP contribution in [0.4, 0.5) is 18.9 Å². The van der Waals surface area contributed by atoms with Gasteiger partial charge in [-0.25, -0.2) is 0 Å². The molecule has 0 fully saturated rings. The first kappa shape index (κ1) is 16.9. The molecule has 0 radical (unpaired) electrons. The maximum absolute atomic E-state index is 12.1. The van der Waals surface area contributed by atoms with Gasteiger partial charge in [-0.1, -0.05) is 29.8 Å². The molecule has 2 rings (SSSR count). The van der Waals surface area contributed by atoms with Crippen LogP contribution in [0.2, 0.25) is 5.02 Å². The van der Waals surface area contributed by atoms with Gasteiger partial charge in [-0.3, -0.25) is 4.79 Å². The highest BCUT2D eigenvalue weighted by molar-refractivity contribution is 6.30. The molecule has 0 heterocycles. The van der Waals surface area contributed by atoms with Crippen molar-refractivity contribution in [2.24, 2.45) is 0 Å². The first-order valence-corrected chi connectivity index (χ1v) is 6.80. The number of hydrogen-bond donors (Lipinski definition) is 1. The topological polar surface area (TPSA) is 38.3 Å². The van der Waals surface area contributed by atoms with Gasteiger partial charge in [0.25, 0.3) is 0 Å². The molecule has 0 aliphatic carbocycles. The standard InChI is InChI=1S/C16H11ClF3NO2/c17-12-7-4-11(5-8-12)6-9-15(22)21-13-2-1-3-14(10-13)23-16(18,19)20/h1-10H,(H,21,22)/b9-6+. The molecule has 1 N–H and O–H groups in total. The molecule has 2 aromatic carbocycles. The number of nitrogens with one attached hydrogen (secondary N) is 1. The first-order chi connectivity index (χ1) is 10.8. The Hall–Kier alpha value is -2.47. The summed E-state index contributed by atoms with van der Waals surface area (Å²) in [5.41, 5.74) is 0.955. The molecule has 120 valence electrons. The molecule has 2 aromatic rings. The Morgan fingerprint density at radius 3 is 2.48 bits per heavy atom. The summed E-state index contributed by atoms with van der Waals surface area (Å²) in [7, 11) is 0. The van der Waals surface area contributed by atoms with Crippen LogP contribution >= 0.6 is 11.6 Å². The molecule has 1 amide bonds. The van der Waals surface area contributed by atoms with Crippen LogP contribution in [-0.2, 0) is 4.79 Å².